The number of hydrogen-bond donors (Lipinski definition) is 1. The van der Waals surface area contributed by atoms with E-state index in [1.807, 2.05) is 89.5 Å². The second-order valence-corrected chi connectivity index (χ2v) is 9.67. The second kappa shape index (κ2) is 10.9. The summed E-state index contributed by atoms with van der Waals surface area (Å²) in [7, 11) is 0. The largest absolute Gasteiger partial charge is 0.494 e. The van der Waals surface area contributed by atoms with Gasteiger partial charge in [0.15, 0.2) is 0 Å². The number of amidine groups is 1. The highest BCUT2D eigenvalue weighted by molar-refractivity contribution is 6.30. The molecule has 2 atom stereocenters. The molecule has 0 aromatic heterocycles. The van der Waals surface area contributed by atoms with Gasteiger partial charge in [-0.15, -0.1) is 0 Å². The van der Waals surface area contributed by atoms with Crippen LogP contribution in [0.1, 0.15) is 35.7 Å². The van der Waals surface area contributed by atoms with E-state index in [9.17, 15) is 4.79 Å². The highest BCUT2D eigenvalue weighted by atomic mass is 35.5. The summed E-state index contributed by atoms with van der Waals surface area (Å²) in [6, 6.07) is 22.4. The lowest BCUT2D eigenvalue weighted by atomic mass is 9.93. The molecule has 0 radical (unpaired) electrons. The number of amides is 2. The standard InChI is InChI=1S/C28H28Cl2N4O2/c1-2-36-24-5-3-4-21(18-24)27-32-25(19-6-10-22(29)11-7-19)26(20-8-12-23(30)13-9-20)34(27)28(35)33-16-14-31-15-17-33/h3-13,18,25-26,31H,2,14-17H2,1H3. The number of aliphatic imine (C=N–C) groups is 1. The third kappa shape index (κ3) is 5.07. The fourth-order valence-corrected chi connectivity index (χ4v) is 5.02. The molecular weight excluding hydrogens is 495 g/mol. The number of ether oxygens (including phenoxy) is 1. The molecule has 36 heavy (non-hydrogen) atoms. The first kappa shape index (κ1) is 24.6. The minimum Gasteiger partial charge on any atom is -0.494 e. The van der Waals surface area contributed by atoms with Crippen molar-refractivity contribution in [1.82, 2.24) is 15.1 Å². The molecule has 0 spiro atoms. The molecule has 186 valence electrons. The van der Waals surface area contributed by atoms with Crippen molar-refractivity contribution in [3.63, 3.8) is 0 Å². The van der Waals surface area contributed by atoms with Crippen LogP contribution in [0.3, 0.4) is 0 Å². The number of halogens is 2. The van der Waals surface area contributed by atoms with Crippen molar-refractivity contribution in [3.8, 4) is 5.75 Å². The first-order valence-corrected chi connectivity index (χ1v) is 12.9. The molecule has 6 nitrogen and oxygen atoms in total. The average Bonchev–Trinajstić information content (AvgIpc) is 3.30. The zero-order chi connectivity index (χ0) is 25.1. The van der Waals surface area contributed by atoms with Gasteiger partial charge in [0.25, 0.3) is 0 Å². The van der Waals surface area contributed by atoms with Crippen LogP contribution in [0.4, 0.5) is 4.79 Å². The smallest absolute Gasteiger partial charge is 0.326 e. The zero-order valence-corrected chi connectivity index (χ0v) is 21.5. The number of nitrogens with zero attached hydrogens (tertiary/aromatic N) is 3. The molecule has 2 amide bonds. The van der Waals surface area contributed by atoms with E-state index in [0.29, 0.717) is 35.6 Å². The number of benzene rings is 3. The van der Waals surface area contributed by atoms with Crippen LogP contribution in [-0.4, -0.2) is 54.5 Å². The Hall–Kier alpha value is -3.06. The van der Waals surface area contributed by atoms with Crippen LogP contribution < -0.4 is 10.1 Å². The maximum Gasteiger partial charge on any atom is 0.326 e. The Bertz CT molecular complexity index is 1240. The molecule has 0 saturated carbocycles. The third-order valence-corrected chi connectivity index (χ3v) is 6.99. The summed E-state index contributed by atoms with van der Waals surface area (Å²) in [4.78, 5) is 23.1. The molecule has 3 aromatic carbocycles. The minimum absolute atomic E-state index is 0.0616. The predicted molar refractivity (Wildman–Crippen MR) is 144 cm³/mol. The quantitative estimate of drug-likeness (QED) is 0.449. The van der Waals surface area contributed by atoms with Crippen LogP contribution in [0, 0.1) is 0 Å². The van der Waals surface area contributed by atoms with Crippen LogP contribution in [0.2, 0.25) is 10.0 Å². The lowest BCUT2D eigenvalue weighted by molar-refractivity contribution is 0.157. The Kier molecular flexibility index (Phi) is 7.46. The fourth-order valence-electron chi connectivity index (χ4n) is 4.77. The SMILES string of the molecule is CCOc1cccc(C2=NC(c3ccc(Cl)cc3)C(c3ccc(Cl)cc3)N2C(=O)N2CCNCC2)c1. The lowest BCUT2D eigenvalue weighted by Gasteiger charge is -2.36. The van der Waals surface area contributed by atoms with Crippen molar-refractivity contribution in [2.24, 2.45) is 4.99 Å². The molecule has 2 aliphatic rings. The van der Waals surface area contributed by atoms with Crippen molar-refractivity contribution in [2.75, 3.05) is 32.8 Å². The average molecular weight is 523 g/mol. The number of urea groups is 1. The van der Waals surface area contributed by atoms with Gasteiger partial charge in [0.05, 0.1) is 12.6 Å². The Morgan fingerprint density at radius 2 is 1.61 bits per heavy atom. The van der Waals surface area contributed by atoms with E-state index >= 15 is 0 Å². The normalized spacial score (nSPS) is 19.8. The molecular formula is C28H28Cl2N4O2. The van der Waals surface area contributed by atoms with E-state index in [0.717, 1.165) is 35.5 Å². The van der Waals surface area contributed by atoms with Gasteiger partial charge in [-0.2, -0.15) is 0 Å². The molecule has 8 heteroatoms. The molecule has 1 saturated heterocycles. The van der Waals surface area contributed by atoms with E-state index < -0.39 is 0 Å². The van der Waals surface area contributed by atoms with Gasteiger partial charge < -0.3 is 15.0 Å². The van der Waals surface area contributed by atoms with Crippen LogP contribution in [-0.2, 0) is 0 Å². The number of hydrogen-bond acceptors (Lipinski definition) is 4. The monoisotopic (exact) mass is 522 g/mol. The molecule has 5 rings (SSSR count). The van der Waals surface area contributed by atoms with Crippen LogP contribution in [0.15, 0.2) is 77.8 Å². The van der Waals surface area contributed by atoms with Gasteiger partial charge in [0.1, 0.15) is 17.6 Å². The molecule has 2 aliphatic heterocycles. The van der Waals surface area contributed by atoms with Crippen molar-refractivity contribution >= 4 is 35.1 Å². The Balaban J connectivity index is 1.65. The van der Waals surface area contributed by atoms with Crippen molar-refractivity contribution in [2.45, 2.75) is 19.0 Å². The molecule has 2 unspecified atom stereocenters. The van der Waals surface area contributed by atoms with Crippen molar-refractivity contribution in [1.29, 1.82) is 0 Å². The van der Waals surface area contributed by atoms with Gasteiger partial charge in [0.2, 0.25) is 0 Å². The summed E-state index contributed by atoms with van der Waals surface area (Å²) in [5.41, 5.74) is 2.77. The summed E-state index contributed by atoms with van der Waals surface area (Å²) in [6.07, 6.45) is 0. The summed E-state index contributed by atoms with van der Waals surface area (Å²) in [6.45, 7) is 5.31. The van der Waals surface area contributed by atoms with Gasteiger partial charge in [-0.25, -0.2) is 4.79 Å². The van der Waals surface area contributed by atoms with E-state index in [2.05, 4.69) is 5.32 Å². The maximum atomic E-state index is 14.1. The van der Waals surface area contributed by atoms with E-state index in [4.69, 9.17) is 32.9 Å². The van der Waals surface area contributed by atoms with Crippen LogP contribution in [0.5, 0.6) is 5.75 Å². The van der Waals surface area contributed by atoms with E-state index in [1.165, 1.54) is 0 Å². The number of piperazine rings is 1. The van der Waals surface area contributed by atoms with Gasteiger partial charge >= 0.3 is 6.03 Å². The number of carbonyl (C=O) groups is 1. The molecule has 2 heterocycles. The Morgan fingerprint density at radius 3 is 2.25 bits per heavy atom. The first-order chi connectivity index (χ1) is 17.5. The summed E-state index contributed by atoms with van der Waals surface area (Å²) in [5.74, 6) is 1.37. The lowest BCUT2D eigenvalue weighted by Crippen LogP contribution is -2.53. The zero-order valence-electron chi connectivity index (χ0n) is 20.0. The molecule has 0 aliphatic carbocycles. The Morgan fingerprint density at radius 1 is 0.972 bits per heavy atom. The van der Waals surface area contributed by atoms with Crippen molar-refractivity contribution in [3.05, 3.63) is 99.5 Å². The fraction of sp³-hybridized carbons (Fsp3) is 0.286. The van der Waals surface area contributed by atoms with Gasteiger partial charge in [-0.05, 0) is 54.4 Å². The van der Waals surface area contributed by atoms with Gasteiger partial charge in [-0.1, -0.05) is 59.6 Å². The third-order valence-electron chi connectivity index (χ3n) is 6.49. The highest BCUT2D eigenvalue weighted by Gasteiger charge is 2.44. The van der Waals surface area contributed by atoms with Crippen LogP contribution >= 0.6 is 23.2 Å². The van der Waals surface area contributed by atoms with Gasteiger partial charge in [0, 0.05) is 41.8 Å². The number of rotatable bonds is 5. The molecule has 1 fully saturated rings. The number of nitrogens with one attached hydrogen (secondary N) is 1. The topological polar surface area (TPSA) is 57.2 Å². The maximum absolute atomic E-state index is 14.1. The predicted octanol–water partition coefficient (Wildman–Crippen LogP) is 5.96. The van der Waals surface area contributed by atoms with Crippen molar-refractivity contribution < 1.29 is 9.53 Å². The van der Waals surface area contributed by atoms with E-state index in [1.54, 1.807) is 0 Å². The number of carbonyl (C=O) groups excluding carboxylic acids is 1. The molecule has 3 aromatic rings. The van der Waals surface area contributed by atoms with Crippen LogP contribution in [0.25, 0.3) is 0 Å². The first-order valence-electron chi connectivity index (χ1n) is 12.2. The van der Waals surface area contributed by atoms with E-state index in [-0.39, 0.29) is 18.1 Å². The second-order valence-electron chi connectivity index (χ2n) is 8.80. The summed E-state index contributed by atoms with van der Waals surface area (Å²) >= 11 is 12.4. The minimum atomic E-state index is -0.350. The Labute approximate surface area is 221 Å². The molecule has 1 N–H and O–H groups in total. The molecule has 0 bridgehead atoms. The van der Waals surface area contributed by atoms with Gasteiger partial charge in [-0.3, -0.25) is 9.89 Å². The summed E-state index contributed by atoms with van der Waals surface area (Å²) < 4.78 is 5.76. The summed E-state index contributed by atoms with van der Waals surface area (Å²) in [5, 5.41) is 4.63. The highest BCUT2D eigenvalue weighted by Crippen LogP contribution is 2.44.